The average molecular weight is 466 g/mol. The van der Waals surface area contributed by atoms with Crippen molar-refractivity contribution in [3.05, 3.63) is 77.9 Å². The maximum atomic E-state index is 6.49. The maximum Gasteiger partial charge on any atom is 0.128 e. The van der Waals surface area contributed by atoms with Gasteiger partial charge in [-0.25, -0.2) is 0 Å². The van der Waals surface area contributed by atoms with E-state index >= 15 is 0 Å². The van der Waals surface area contributed by atoms with Crippen LogP contribution in [-0.2, 0) is 0 Å². The average Bonchev–Trinajstić information content (AvgIpc) is 2.89. The van der Waals surface area contributed by atoms with Gasteiger partial charge in [-0.05, 0) is 92.7 Å². The topological polar surface area (TPSA) is 9.23 Å². The van der Waals surface area contributed by atoms with Gasteiger partial charge in [-0.1, -0.05) is 93.1 Å². The van der Waals surface area contributed by atoms with Crippen molar-refractivity contribution < 1.29 is 4.74 Å². The molecule has 3 aromatic carbocycles. The summed E-state index contributed by atoms with van der Waals surface area (Å²) >= 11 is 0. The highest BCUT2D eigenvalue weighted by atomic mass is 16.5. The number of rotatable bonds is 5. The summed E-state index contributed by atoms with van der Waals surface area (Å²) in [6.07, 6.45) is 13.6. The Balaban J connectivity index is 1.51. The van der Waals surface area contributed by atoms with Crippen LogP contribution in [0.25, 0.3) is 22.3 Å². The molecule has 35 heavy (non-hydrogen) atoms. The minimum atomic E-state index is -0.264. The van der Waals surface area contributed by atoms with Crippen molar-refractivity contribution in [1.29, 1.82) is 0 Å². The molecule has 0 aromatic heterocycles. The van der Waals surface area contributed by atoms with E-state index in [0.717, 1.165) is 28.7 Å². The van der Waals surface area contributed by atoms with E-state index in [1.807, 2.05) is 6.07 Å². The fourth-order valence-electron chi connectivity index (χ4n) is 6.12. The van der Waals surface area contributed by atoms with E-state index < -0.39 is 0 Å². The van der Waals surface area contributed by atoms with Crippen molar-refractivity contribution in [2.24, 2.45) is 0 Å². The van der Waals surface area contributed by atoms with E-state index in [0.29, 0.717) is 0 Å². The van der Waals surface area contributed by atoms with Crippen molar-refractivity contribution in [3.8, 4) is 28.0 Å². The lowest BCUT2D eigenvalue weighted by Crippen LogP contribution is -2.23. The third-order valence-corrected chi connectivity index (χ3v) is 7.93. The largest absolute Gasteiger partial charge is 0.487 e. The highest BCUT2D eigenvalue weighted by molar-refractivity contribution is 5.87. The Bertz CT molecular complexity index is 1090. The Kier molecular flexibility index (Phi) is 7.32. The second kappa shape index (κ2) is 10.6. The van der Waals surface area contributed by atoms with Crippen LogP contribution in [0.3, 0.4) is 0 Å². The molecule has 2 fully saturated rings. The van der Waals surface area contributed by atoms with Gasteiger partial charge in [0.15, 0.2) is 0 Å². The van der Waals surface area contributed by atoms with Crippen LogP contribution in [0.2, 0.25) is 0 Å². The van der Waals surface area contributed by atoms with Gasteiger partial charge < -0.3 is 4.74 Å². The van der Waals surface area contributed by atoms with E-state index in [4.69, 9.17) is 4.74 Å². The Morgan fingerprint density at radius 2 is 1.11 bits per heavy atom. The quantitative estimate of drug-likeness (QED) is 0.364. The molecule has 0 N–H and O–H groups in total. The molecule has 1 heteroatoms. The van der Waals surface area contributed by atoms with E-state index in [1.54, 1.807) is 0 Å². The third kappa shape index (κ3) is 5.83. The Morgan fingerprint density at radius 1 is 0.629 bits per heavy atom. The number of benzene rings is 3. The standard InChI is InChI=1S/C34H41O/c1-34(2,3)35-32-16-10-15-31(29-21-17-27(18-22-29)25-11-6-4-7-12-25)33(32)30-23-19-28(20-24-30)26-13-8-5-9-14-26/h10,16-26H,4-9,11-14H2,1-3H3. The lowest BCUT2D eigenvalue weighted by Gasteiger charge is -2.26. The molecule has 0 amide bonds. The molecule has 0 bridgehead atoms. The van der Waals surface area contributed by atoms with E-state index in [9.17, 15) is 0 Å². The predicted octanol–water partition coefficient (Wildman–Crippen LogP) is 10.1. The zero-order chi connectivity index (χ0) is 24.3. The van der Waals surface area contributed by atoms with E-state index in [1.165, 1.54) is 86.5 Å². The van der Waals surface area contributed by atoms with Gasteiger partial charge in [0, 0.05) is 11.1 Å². The normalized spacial score (nSPS) is 17.9. The molecule has 0 aliphatic heterocycles. The second-order valence-corrected chi connectivity index (χ2v) is 11.7. The molecule has 2 saturated carbocycles. The highest BCUT2D eigenvalue weighted by Gasteiger charge is 2.21. The van der Waals surface area contributed by atoms with Crippen LogP contribution in [0.4, 0.5) is 0 Å². The summed E-state index contributed by atoms with van der Waals surface area (Å²) < 4.78 is 6.49. The summed E-state index contributed by atoms with van der Waals surface area (Å²) in [5.74, 6) is 2.38. The van der Waals surface area contributed by atoms with E-state index in [2.05, 4.69) is 81.4 Å². The molecule has 0 spiro atoms. The van der Waals surface area contributed by atoms with Gasteiger partial charge in [0.2, 0.25) is 0 Å². The molecule has 5 rings (SSSR count). The van der Waals surface area contributed by atoms with Gasteiger partial charge in [0.25, 0.3) is 0 Å². The molecule has 1 nitrogen and oxygen atoms in total. The number of ether oxygens (including phenoxy) is 1. The molecule has 0 saturated heterocycles. The lowest BCUT2D eigenvalue weighted by molar-refractivity contribution is 0.132. The maximum absolute atomic E-state index is 6.49. The Morgan fingerprint density at radius 3 is 1.60 bits per heavy atom. The molecule has 0 atom stereocenters. The van der Waals surface area contributed by atoms with Gasteiger partial charge in [-0.2, -0.15) is 0 Å². The van der Waals surface area contributed by atoms with Crippen LogP contribution in [0.5, 0.6) is 5.75 Å². The highest BCUT2D eigenvalue weighted by Crippen LogP contribution is 2.42. The van der Waals surface area contributed by atoms with Crippen molar-refractivity contribution in [3.63, 3.8) is 0 Å². The Hall–Kier alpha value is -2.54. The molecule has 0 unspecified atom stereocenters. The molecule has 2 aliphatic carbocycles. The molecule has 2 aliphatic rings. The number of hydrogen-bond donors (Lipinski definition) is 0. The van der Waals surface area contributed by atoms with Gasteiger partial charge in [-0.3, -0.25) is 0 Å². The smallest absolute Gasteiger partial charge is 0.128 e. The van der Waals surface area contributed by atoms with E-state index in [-0.39, 0.29) is 5.60 Å². The second-order valence-electron chi connectivity index (χ2n) is 11.7. The first kappa shape index (κ1) is 24.2. The Labute approximate surface area is 212 Å². The minimum absolute atomic E-state index is 0.264. The molecule has 0 heterocycles. The monoisotopic (exact) mass is 465 g/mol. The molecule has 1 radical (unpaired) electrons. The predicted molar refractivity (Wildman–Crippen MR) is 148 cm³/mol. The fourth-order valence-corrected chi connectivity index (χ4v) is 6.12. The summed E-state index contributed by atoms with van der Waals surface area (Å²) in [5.41, 5.74) is 7.44. The zero-order valence-electron chi connectivity index (χ0n) is 21.9. The van der Waals surface area contributed by atoms with Crippen LogP contribution in [0.1, 0.15) is 108 Å². The minimum Gasteiger partial charge on any atom is -0.487 e. The first-order valence-electron chi connectivity index (χ1n) is 13.9. The number of hydrogen-bond acceptors (Lipinski definition) is 1. The summed E-state index contributed by atoms with van der Waals surface area (Å²) in [6.45, 7) is 6.37. The van der Waals surface area contributed by atoms with Crippen molar-refractivity contribution >= 4 is 0 Å². The van der Waals surface area contributed by atoms with Crippen LogP contribution < -0.4 is 4.74 Å². The third-order valence-electron chi connectivity index (χ3n) is 7.93. The zero-order valence-corrected chi connectivity index (χ0v) is 21.9. The molecule has 3 aromatic rings. The molecular formula is C34H41O. The van der Waals surface area contributed by atoms with Crippen molar-refractivity contribution in [2.45, 2.75) is 102 Å². The van der Waals surface area contributed by atoms with Crippen molar-refractivity contribution in [1.82, 2.24) is 0 Å². The van der Waals surface area contributed by atoms with Crippen LogP contribution in [0, 0.1) is 6.07 Å². The van der Waals surface area contributed by atoms with Crippen LogP contribution in [0.15, 0.2) is 60.7 Å². The van der Waals surface area contributed by atoms with Crippen LogP contribution >= 0.6 is 0 Å². The van der Waals surface area contributed by atoms with Gasteiger partial charge in [0.1, 0.15) is 11.4 Å². The SMILES string of the molecule is CC(C)(C)Oc1cc[c]c(-c2ccc(C3CCCCC3)cc2)c1-c1ccc(C2CCCCC2)cc1. The van der Waals surface area contributed by atoms with Gasteiger partial charge >= 0.3 is 0 Å². The summed E-state index contributed by atoms with van der Waals surface area (Å²) in [5, 5.41) is 0. The molecular weight excluding hydrogens is 424 g/mol. The van der Waals surface area contributed by atoms with Gasteiger partial charge in [0.05, 0.1) is 0 Å². The van der Waals surface area contributed by atoms with Gasteiger partial charge in [-0.15, -0.1) is 0 Å². The first-order chi connectivity index (χ1) is 17.0. The summed E-state index contributed by atoms with van der Waals surface area (Å²) in [7, 11) is 0. The fraction of sp³-hybridized carbons (Fsp3) is 0.471. The summed E-state index contributed by atoms with van der Waals surface area (Å²) in [4.78, 5) is 0. The lowest BCUT2D eigenvalue weighted by atomic mass is 9.83. The van der Waals surface area contributed by atoms with Crippen LogP contribution in [-0.4, -0.2) is 5.60 Å². The first-order valence-corrected chi connectivity index (χ1v) is 13.9. The summed E-state index contributed by atoms with van der Waals surface area (Å²) in [6, 6.07) is 26.3. The molecule has 183 valence electrons. The van der Waals surface area contributed by atoms with Crippen molar-refractivity contribution in [2.75, 3.05) is 0 Å².